The maximum atomic E-state index is 11.7. The Morgan fingerprint density at radius 2 is 1.88 bits per heavy atom. The molecule has 0 bridgehead atoms. The summed E-state index contributed by atoms with van der Waals surface area (Å²) in [5.41, 5.74) is 0. The Labute approximate surface area is 96.1 Å². The zero-order valence-corrected chi connectivity index (χ0v) is 10.3. The molecular weight excluding hydrogens is 228 g/mol. The van der Waals surface area contributed by atoms with Gasteiger partial charge in [-0.25, -0.2) is 8.42 Å². The van der Waals surface area contributed by atoms with Crippen LogP contribution in [0.15, 0.2) is 0 Å². The van der Waals surface area contributed by atoms with Crippen molar-refractivity contribution in [3.05, 3.63) is 0 Å². The quantitative estimate of drug-likeness (QED) is 0.705. The molecule has 2 heterocycles. The SMILES string of the molecule is CN1CCC(NC2CCS(=O)(=O)CC2)C1=O. The van der Waals surface area contributed by atoms with Crippen LogP contribution in [-0.2, 0) is 14.6 Å². The van der Waals surface area contributed by atoms with Crippen molar-refractivity contribution in [2.45, 2.75) is 31.3 Å². The third-order valence-electron chi connectivity index (χ3n) is 3.42. The Kier molecular flexibility index (Phi) is 3.21. The molecule has 1 amide bonds. The third kappa shape index (κ3) is 2.55. The summed E-state index contributed by atoms with van der Waals surface area (Å²) in [5.74, 6) is 0.636. The molecule has 5 nitrogen and oxygen atoms in total. The summed E-state index contributed by atoms with van der Waals surface area (Å²) in [5, 5.41) is 3.28. The predicted molar refractivity (Wildman–Crippen MR) is 60.9 cm³/mol. The molecular formula is C10H18N2O3S. The number of likely N-dealkylation sites (tertiary alicyclic amines) is 1. The van der Waals surface area contributed by atoms with Crippen LogP contribution in [0.4, 0.5) is 0 Å². The number of sulfone groups is 1. The molecule has 1 N–H and O–H groups in total. The molecule has 1 atom stereocenters. The van der Waals surface area contributed by atoms with Gasteiger partial charge in [-0.2, -0.15) is 0 Å². The first-order valence-electron chi connectivity index (χ1n) is 5.69. The fourth-order valence-corrected chi connectivity index (χ4v) is 3.81. The third-order valence-corrected chi connectivity index (χ3v) is 5.13. The molecule has 2 fully saturated rings. The molecule has 2 aliphatic rings. The summed E-state index contributed by atoms with van der Waals surface area (Å²) in [6, 6.07) is 0.0831. The van der Waals surface area contributed by atoms with E-state index in [1.165, 1.54) is 0 Å². The number of likely N-dealkylation sites (N-methyl/N-ethyl adjacent to an activating group) is 1. The van der Waals surface area contributed by atoms with Crippen molar-refractivity contribution < 1.29 is 13.2 Å². The number of nitrogens with one attached hydrogen (secondary N) is 1. The molecule has 1 unspecified atom stereocenters. The molecule has 0 aromatic rings. The lowest BCUT2D eigenvalue weighted by molar-refractivity contribution is -0.128. The van der Waals surface area contributed by atoms with Crippen LogP contribution in [0, 0.1) is 0 Å². The van der Waals surface area contributed by atoms with Crippen molar-refractivity contribution in [1.82, 2.24) is 10.2 Å². The van der Waals surface area contributed by atoms with Gasteiger partial charge in [0, 0.05) is 19.6 Å². The Morgan fingerprint density at radius 3 is 2.38 bits per heavy atom. The van der Waals surface area contributed by atoms with Crippen LogP contribution >= 0.6 is 0 Å². The Balaban J connectivity index is 1.86. The fraction of sp³-hybridized carbons (Fsp3) is 0.900. The standard InChI is InChI=1S/C10H18N2O3S/c1-12-5-2-9(10(12)13)11-8-3-6-16(14,15)7-4-8/h8-9,11H,2-7H2,1H3. The maximum absolute atomic E-state index is 11.7. The van der Waals surface area contributed by atoms with Crippen LogP contribution in [0.3, 0.4) is 0 Å². The molecule has 0 spiro atoms. The number of amides is 1. The molecule has 6 heteroatoms. The van der Waals surface area contributed by atoms with Gasteiger partial charge in [0.05, 0.1) is 17.5 Å². The largest absolute Gasteiger partial charge is 0.344 e. The molecule has 0 aromatic heterocycles. The topological polar surface area (TPSA) is 66.5 Å². The molecule has 0 aliphatic carbocycles. The number of carbonyl (C=O) groups is 1. The van der Waals surface area contributed by atoms with E-state index in [9.17, 15) is 13.2 Å². The summed E-state index contributed by atoms with van der Waals surface area (Å²) in [4.78, 5) is 13.4. The van der Waals surface area contributed by atoms with Crippen LogP contribution in [0.2, 0.25) is 0 Å². The van der Waals surface area contributed by atoms with Gasteiger partial charge in [0.1, 0.15) is 9.84 Å². The van der Waals surface area contributed by atoms with E-state index in [-0.39, 0.29) is 29.5 Å². The van der Waals surface area contributed by atoms with Gasteiger partial charge in [-0.1, -0.05) is 0 Å². The average Bonchev–Trinajstić information content (AvgIpc) is 2.53. The minimum Gasteiger partial charge on any atom is -0.344 e. The van der Waals surface area contributed by atoms with E-state index in [4.69, 9.17) is 0 Å². The molecule has 0 aromatic carbocycles. The normalized spacial score (nSPS) is 30.9. The minimum atomic E-state index is -2.81. The highest BCUT2D eigenvalue weighted by molar-refractivity contribution is 7.91. The van der Waals surface area contributed by atoms with E-state index < -0.39 is 9.84 Å². The van der Waals surface area contributed by atoms with Crippen LogP contribution in [0.1, 0.15) is 19.3 Å². The van der Waals surface area contributed by atoms with E-state index in [2.05, 4.69) is 5.32 Å². The van der Waals surface area contributed by atoms with Gasteiger partial charge in [0.25, 0.3) is 0 Å². The van der Waals surface area contributed by atoms with E-state index in [1.54, 1.807) is 11.9 Å². The Hall–Kier alpha value is -0.620. The highest BCUT2D eigenvalue weighted by atomic mass is 32.2. The number of nitrogens with zero attached hydrogens (tertiary/aromatic N) is 1. The summed E-state index contributed by atoms with van der Waals surface area (Å²) in [6.45, 7) is 0.793. The minimum absolute atomic E-state index is 0.101. The molecule has 16 heavy (non-hydrogen) atoms. The van der Waals surface area contributed by atoms with Gasteiger partial charge in [-0.3, -0.25) is 4.79 Å². The summed E-state index contributed by atoms with van der Waals surface area (Å²) in [7, 11) is -1.01. The fourth-order valence-electron chi connectivity index (χ4n) is 2.32. The van der Waals surface area contributed by atoms with Crippen molar-refractivity contribution in [1.29, 1.82) is 0 Å². The van der Waals surface area contributed by atoms with Crippen molar-refractivity contribution in [3.63, 3.8) is 0 Å². The lowest BCUT2D eigenvalue weighted by Gasteiger charge is -2.25. The van der Waals surface area contributed by atoms with E-state index in [0.717, 1.165) is 13.0 Å². The molecule has 2 saturated heterocycles. The predicted octanol–water partition coefficient (Wildman–Crippen LogP) is -0.616. The summed E-state index contributed by atoms with van der Waals surface area (Å²) >= 11 is 0. The van der Waals surface area contributed by atoms with Crippen LogP contribution < -0.4 is 5.32 Å². The first kappa shape index (κ1) is 11.9. The lowest BCUT2D eigenvalue weighted by atomic mass is 10.1. The number of hydrogen-bond donors (Lipinski definition) is 1. The van der Waals surface area contributed by atoms with Gasteiger partial charge in [-0.05, 0) is 19.3 Å². The second kappa shape index (κ2) is 4.33. The van der Waals surface area contributed by atoms with Gasteiger partial charge >= 0.3 is 0 Å². The van der Waals surface area contributed by atoms with Crippen molar-refractivity contribution >= 4 is 15.7 Å². The van der Waals surface area contributed by atoms with Crippen LogP contribution in [0.5, 0.6) is 0 Å². The van der Waals surface area contributed by atoms with Gasteiger partial charge < -0.3 is 10.2 Å². The molecule has 0 radical (unpaired) electrons. The average molecular weight is 246 g/mol. The highest BCUT2D eigenvalue weighted by Gasteiger charge is 2.32. The summed E-state index contributed by atoms with van der Waals surface area (Å²) in [6.07, 6.45) is 2.10. The zero-order valence-electron chi connectivity index (χ0n) is 9.48. The van der Waals surface area contributed by atoms with E-state index in [0.29, 0.717) is 12.8 Å². The first-order valence-corrected chi connectivity index (χ1v) is 7.51. The number of rotatable bonds is 2. The van der Waals surface area contributed by atoms with Gasteiger partial charge in [0.2, 0.25) is 5.91 Å². The molecule has 92 valence electrons. The second-order valence-corrected chi connectivity index (χ2v) is 7.00. The number of carbonyl (C=O) groups excluding carboxylic acids is 1. The Morgan fingerprint density at radius 1 is 1.25 bits per heavy atom. The maximum Gasteiger partial charge on any atom is 0.239 e. The smallest absolute Gasteiger partial charge is 0.239 e. The highest BCUT2D eigenvalue weighted by Crippen LogP contribution is 2.16. The number of hydrogen-bond acceptors (Lipinski definition) is 4. The van der Waals surface area contributed by atoms with E-state index in [1.807, 2.05) is 0 Å². The van der Waals surface area contributed by atoms with Gasteiger partial charge in [0.15, 0.2) is 0 Å². The van der Waals surface area contributed by atoms with Crippen molar-refractivity contribution in [3.8, 4) is 0 Å². The second-order valence-electron chi connectivity index (χ2n) is 4.69. The van der Waals surface area contributed by atoms with Crippen molar-refractivity contribution in [2.24, 2.45) is 0 Å². The molecule has 0 saturated carbocycles. The molecule has 2 rings (SSSR count). The zero-order chi connectivity index (χ0) is 11.8. The monoisotopic (exact) mass is 246 g/mol. The van der Waals surface area contributed by atoms with Crippen molar-refractivity contribution in [2.75, 3.05) is 25.1 Å². The van der Waals surface area contributed by atoms with Crippen LogP contribution in [-0.4, -0.2) is 56.4 Å². The first-order chi connectivity index (χ1) is 7.48. The van der Waals surface area contributed by atoms with E-state index >= 15 is 0 Å². The lowest BCUT2D eigenvalue weighted by Crippen LogP contribution is -2.46. The van der Waals surface area contributed by atoms with Crippen LogP contribution in [0.25, 0.3) is 0 Å². The Bertz CT molecular complexity index is 366. The summed E-state index contributed by atoms with van der Waals surface area (Å²) < 4.78 is 22.5. The van der Waals surface area contributed by atoms with Gasteiger partial charge in [-0.15, -0.1) is 0 Å². The molecule has 2 aliphatic heterocycles.